The molecule has 1 aromatic carbocycles. The summed E-state index contributed by atoms with van der Waals surface area (Å²) in [6.07, 6.45) is 0. The maximum Gasteiger partial charge on any atom is 0.126 e. The van der Waals surface area contributed by atoms with E-state index in [1.54, 1.807) is 0 Å². The van der Waals surface area contributed by atoms with Gasteiger partial charge in [0.15, 0.2) is 0 Å². The Morgan fingerprint density at radius 1 is 1.36 bits per heavy atom. The van der Waals surface area contributed by atoms with E-state index in [4.69, 9.17) is 0 Å². The van der Waals surface area contributed by atoms with Crippen LogP contribution in [0.4, 0.5) is 0 Å². The van der Waals surface area contributed by atoms with Crippen LogP contribution in [0.25, 0.3) is 0 Å². The summed E-state index contributed by atoms with van der Waals surface area (Å²) < 4.78 is 0. The van der Waals surface area contributed by atoms with Gasteiger partial charge >= 0.3 is 0 Å². The first-order valence-electron chi connectivity index (χ1n) is 4.21. The van der Waals surface area contributed by atoms with Gasteiger partial charge in [-0.1, -0.05) is 30.3 Å². The maximum absolute atomic E-state index is 9.44. The molecule has 0 aliphatic carbocycles. The minimum atomic E-state index is 0.167. The fraction of sp³-hybridized carbons (Fsp3) is 0.273. The lowest BCUT2D eigenvalue weighted by atomic mass is 10.2. The minimum absolute atomic E-state index is 0.167. The van der Waals surface area contributed by atoms with Gasteiger partial charge in [0.05, 0.1) is 11.7 Å². The first-order chi connectivity index (χ1) is 6.66. The number of thiocarbonyl (C=S) groups is 1. The second-order valence-electron chi connectivity index (χ2n) is 2.80. The number of Topliss-reactive ketones (excluding diaryl/α,β-unsaturated/α-hetero) is 1. The second-order valence-corrected chi connectivity index (χ2v) is 2.98. The Morgan fingerprint density at radius 3 is 2.29 bits per heavy atom. The summed E-state index contributed by atoms with van der Waals surface area (Å²) in [5.74, 6) is 0.167. The highest BCUT2D eigenvalue weighted by Crippen LogP contribution is 1.98. The molecule has 74 valence electrons. The zero-order valence-corrected chi connectivity index (χ0v) is 9.17. The molecule has 0 amide bonds. The van der Waals surface area contributed by atoms with Crippen LogP contribution in [-0.2, 0) is 11.3 Å². The number of carbonyl (C=O) groups is 1. The first kappa shape index (κ1) is 12.7. The highest BCUT2D eigenvalue weighted by Gasteiger charge is 1.84. The van der Waals surface area contributed by atoms with Crippen molar-refractivity contribution in [1.82, 2.24) is 0 Å². The van der Waals surface area contributed by atoms with Crippen LogP contribution in [-0.4, -0.2) is 10.9 Å². The van der Waals surface area contributed by atoms with Crippen molar-refractivity contribution < 1.29 is 4.79 Å². The van der Waals surface area contributed by atoms with E-state index in [0.29, 0.717) is 6.54 Å². The summed E-state index contributed by atoms with van der Waals surface area (Å²) in [6.45, 7) is 3.70. The molecule has 0 fully saturated rings. The summed E-state index contributed by atoms with van der Waals surface area (Å²) in [4.78, 5) is 13.3. The standard InChI is InChI=1S/C8H7NS.C3H6O/c10-7-9-6-8-4-2-1-3-5-8;1-3(2)4/h1-5H,6H2;1-2H3. The molecule has 0 bridgehead atoms. The predicted octanol–water partition coefficient (Wildman–Crippen LogP) is 2.88. The monoisotopic (exact) mass is 207 g/mol. The number of benzene rings is 1. The van der Waals surface area contributed by atoms with Crippen molar-refractivity contribution in [3.8, 4) is 0 Å². The number of carbonyl (C=O) groups excluding carboxylic acids is 1. The lowest BCUT2D eigenvalue weighted by Crippen LogP contribution is -1.76. The molecule has 3 heteroatoms. The van der Waals surface area contributed by atoms with Gasteiger partial charge in [-0.3, -0.25) is 0 Å². The van der Waals surface area contributed by atoms with Gasteiger partial charge in [0, 0.05) is 0 Å². The number of aliphatic imine (C=N–C) groups is 1. The Kier molecular flexibility index (Phi) is 7.52. The lowest BCUT2D eigenvalue weighted by molar-refractivity contribution is -0.114. The van der Waals surface area contributed by atoms with E-state index in [9.17, 15) is 4.79 Å². The number of ketones is 1. The molecule has 0 aliphatic rings. The molecular formula is C11H13NOS. The van der Waals surface area contributed by atoms with Crippen molar-refractivity contribution in [2.75, 3.05) is 0 Å². The molecule has 0 saturated heterocycles. The normalized spacial score (nSPS) is 7.86. The van der Waals surface area contributed by atoms with Gasteiger partial charge in [-0.05, 0) is 31.6 Å². The number of isothiocyanates is 1. The largest absolute Gasteiger partial charge is 0.300 e. The number of nitrogens with zero attached hydrogens (tertiary/aromatic N) is 1. The van der Waals surface area contributed by atoms with Crippen LogP contribution in [0.15, 0.2) is 35.3 Å². The van der Waals surface area contributed by atoms with Crippen LogP contribution in [0.5, 0.6) is 0 Å². The van der Waals surface area contributed by atoms with Crippen molar-refractivity contribution in [3.63, 3.8) is 0 Å². The molecule has 0 atom stereocenters. The third-order valence-corrected chi connectivity index (χ3v) is 1.30. The van der Waals surface area contributed by atoms with Gasteiger partial charge in [-0.2, -0.15) is 0 Å². The molecule has 1 rings (SSSR count). The zero-order chi connectivity index (χ0) is 10.8. The molecule has 0 aliphatic heterocycles. The molecule has 0 radical (unpaired) electrons. The SMILES string of the molecule is CC(C)=O.S=C=NCc1ccccc1. The molecule has 0 saturated carbocycles. The topological polar surface area (TPSA) is 29.4 Å². The van der Waals surface area contributed by atoms with E-state index in [1.807, 2.05) is 30.3 Å². The Bertz CT molecular complexity index is 311. The van der Waals surface area contributed by atoms with E-state index >= 15 is 0 Å². The molecule has 0 aromatic heterocycles. The molecule has 0 heterocycles. The Morgan fingerprint density at radius 2 is 1.86 bits per heavy atom. The average molecular weight is 207 g/mol. The molecule has 2 nitrogen and oxygen atoms in total. The quantitative estimate of drug-likeness (QED) is 0.551. The van der Waals surface area contributed by atoms with Gasteiger partial charge < -0.3 is 4.79 Å². The van der Waals surface area contributed by atoms with E-state index in [-0.39, 0.29) is 5.78 Å². The van der Waals surface area contributed by atoms with E-state index in [2.05, 4.69) is 22.4 Å². The maximum atomic E-state index is 9.44. The summed E-state index contributed by atoms with van der Waals surface area (Å²) in [5.41, 5.74) is 1.17. The highest BCUT2D eigenvalue weighted by atomic mass is 32.1. The molecule has 0 unspecified atom stereocenters. The second kappa shape index (κ2) is 8.30. The number of hydrogen-bond donors (Lipinski definition) is 0. The molecule has 0 N–H and O–H groups in total. The van der Waals surface area contributed by atoms with Crippen molar-refractivity contribution in [2.45, 2.75) is 20.4 Å². The lowest BCUT2D eigenvalue weighted by Gasteiger charge is -1.90. The predicted molar refractivity (Wildman–Crippen MR) is 61.5 cm³/mol. The summed E-state index contributed by atoms with van der Waals surface area (Å²) >= 11 is 4.43. The van der Waals surface area contributed by atoms with Crippen LogP contribution >= 0.6 is 12.2 Å². The molecule has 1 aromatic rings. The Labute approximate surface area is 89.7 Å². The highest BCUT2D eigenvalue weighted by molar-refractivity contribution is 7.78. The van der Waals surface area contributed by atoms with Gasteiger partial charge in [-0.25, -0.2) is 4.99 Å². The van der Waals surface area contributed by atoms with Crippen molar-refractivity contribution in [2.24, 2.45) is 4.99 Å². The first-order valence-corrected chi connectivity index (χ1v) is 4.62. The summed E-state index contributed by atoms with van der Waals surface area (Å²) in [6, 6.07) is 9.96. The van der Waals surface area contributed by atoms with Gasteiger partial charge in [0.25, 0.3) is 0 Å². The van der Waals surface area contributed by atoms with Gasteiger partial charge in [-0.15, -0.1) is 0 Å². The molecular weight excluding hydrogens is 194 g/mol. The molecule has 14 heavy (non-hydrogen) atoms. The van der Waals surface area contributed by atoms with Crippen LogP contribution in [0.2, 0.25) is 0 Å². The summed E-state index contributed by atoms with van der Waals surface area (Å²) in [7, 11) is 0. The summed E-state index contributed by atoms with van der Waals surface area (Å²) in [5, 5.41) is 2.32. The van der Waals surface area contributed by atoms with Crippen molar-refractivity contribution in [3.05, 3.63) is 35.9 Å². The average Bonchev–Trinajstić information content (AvgIpc) is 2.15. The van der Waals surface area contributed by atoms with Gasteiger partial charge in [0.2, 0.25) is 0 Å². The fourth-order valence-corrected chi connectivity index (χ4v) is 0.772. The van der Waals surface area contributed by atoms with E-state index < -0.39 is 0 Å². The molecule has 0 spiro atoms. The number of hydrogen-bond acceptors (Lipinski definition) is 3. The zero-order valence-electron chi connectivity index (χ0n) is 8.36. The van der Waals surface area contributed by atoms with Gasteiger partial charge in [0.1, 0.15) is 5.78 Å². The number of rotatable bonds is 2. The van der Waals surface area contributed by atoms with Crippen LogP contribution in [0.1, 0.15) is 19.4 Å². The minimum Gasteiger partial charge on any atom is -0.300 e. The van der Waals surface area contributed by atoms with Crippen molar-refractivity contribution in [1.29, 1.82) is 0 Å². The van der Waals surface area contributed by atoms with Crippen LogP contribution in [0, 0.1) is 0 Å². The van der Waals surface area contributed by atoms with Crippen molar-refractivity contribution >= 4 is 23.2 Å². The van der Waals surface area contributed by atoms with Crippen LogP contribution < -0.4 is 0 Å². The fourth-order valence-electron chi connectivity index (χ4n) is 0.707. The Hall–Kier alpha value is -1.31. The van der Waals surface area contributed by atoms with E-state index in [1.165, 1.54) is 19.4 Å². The smallest absolute Gasteiger partial charge is 0.126 e. The third kappa shape index (κ3) is 8.78. The third-order valence-electron chi connectivity index (χ3n) is 1.17. The van der Waals surface area contributed by atoms with E-state index in [0.717, 1.165) is 0 Å². The van der Waals surface area contributed by atoms with Crippen LogP contribution in [0.3, 0.4) is 0 Å². The Balaban J connectivity index is 0.000000364.